The van der Waals surface area contributed by atoms with Crippen LogP contribution in [0.2, 0.25) is 0 Å². The summed E-state index contributed by atoms with van der Waals surface area (Å²) >= 11 is 0. The fourth-order valence-corrected chi connectivity index (χ4v) is 3.12. The summed E-state index contributed by atoms with van der Waals surface area (Å²) in [6.07, 6.45) is 12.6. The average Bonchev–Trinajstić information content (AvgIpc) is 3.32. The molecule has 5 rings (SSSR count). The van der Waals surface area contributed by atoms with Crippen molar-refractivity contribution < 1.29 is 0 Å². The third kappa shape index (κ3) is 2.48. The molecule has 2 aliphatic heterocycles. The lowest BCUT2D eigenvalue weighted by Crippen LogP contribution is -2.12. The van der Waals surface area contributed by atoms with Gasteiger partial charge in [-0.05, 0) is 66.8 Å². The van der Waals surface area contributed by atoms with Crippen LogP contribution < -0.4 is 21.4 Å². The minimum Gasteiger partial charge on any atom is -0.356 e. The smallest absolute Gasteiger partial charge is 0.0894 e. The van der Waals surface area contributed by atoms with Crippen LogP contribution in [-0.4, -0.2) is 26.7 Å². The van der Waals surface area contributed by atoms with Gasteiger partial charge in [-0.15, -0.1) is 0 Å². The largest absolute Gasteiger partial charge is 0.356 e. The highest BCUT2D eigenvalue weighted by Crippen LogP contribution is 2.06. The summed E-state index contributed by atoms with van der Waals surface area (Å²) in [6, 6.07) is 12.6. The number of aromatic amines is 3. The normalized spacial score (nSPS) is 21.0. The Labute approximate surface area is 138 Å². The molecule has 2 aliphatic rings. The highest BCUT2D eigenvalue weighted by atomic mass is 14.8. The summed E-state index contributed by atoms with van der Waals surface area (Å²) in [5.41, 5.74) is 3.12. The van der Waals surface area contributed by atoms with Gasteiger partial charge in [-0.25, -0.2) is 0 Å². The van der Waals surface area contributed by atoms with E-state index in [0.717, 1.165) is 38.5 Å². The van der Waals surface area contributed by atoms with Gasteiger partial charge >= 0.3 is 0 Å². The zero-order chi connectivity index (χ0) is 15.9. The predicted molar refractivity (Wildman–Crippen MR) is 97.3 cm³/mol. The molecule has 24 heavy (non-hydrogen) atoms. The SMILES string of the molecule is C1=CC2/C=c3/cc/c([nH]3)=C/c3ccc([nH]3)C=c3ccc([nH]3)=CC1=N2. The molecular weight excluding hydrogens is 296 g/mol. The lowest BCUT2D eigenvalue weighted by atomic mass is 10.3. The lowest BCUT2D eigenvalue weighted by molar-refractivity contribution is 1.09. The molecule has 1 unspecified atom stereocenters. The average molecular weight is 312 g/mol. The third-order valence-electron chi connectivity index (χ3n) is 4.23. The summed E-state index contributed by atoms with van der Waals surface area (Å²) < 4.78 is 0. The Morgan fingerprint density at radius 2 is 1.29 bits per heavy atom. The van der Waals surface area contributed by atoms with Gasteiger partial charge in [0.25, 0.3) is 0 Å². The van der Waals surface area contributed by atoms with Crippen LogP contribution in [0, 0.1) is 0 Å². The molecule has 0 spiro atoms. The van der Waals surface area contributed by atoms with E-state index in [4.69, 9.17) is 4.99 Å². The molecule has 1 atom stereocenters. The van der Waals surface area contributed by atoms with Gasteiger partial charge in [0, 0.05) is 32.8 Å². The highest BCUT2D eigenvalue weighted by molar-refractivity contribution is 6.18. The van der Waals surface area contributed by atoms with Crippen molar-refractivity contribution in [3.05, 3.63) is 81.3 Å². The molecule has 0 aromatic carbocycles. The number of nitrogens with zero attached hydrogens (tertiary/aromatic N) is 1. The minimum atomic E-state index is 0.0775. The number of hydrogen-bond donors (Lipinski definition) is 3. The molecule has 0 aliphatic carbocycles. The van der Waals surface area contributed by atoms with Crippen molar-refractivity contribution in [2.24, 2.45) is 4.99 Å². The molecule has 4 nitrogen and oxygen atoms in total. The van der Waals surface area contributed by atoms with Crippen molar-refractivity contribution in [1.29, 1.82) is 0 Å². The van der Waals surface area contributed by atoms with Crippen molar-refractivity contribution in [3.8, 4) is 0 Å². The molecule has 4 heteroatoms. The molecule has 3 aromatic heterocycles. The Kier molecular flexibility index (Phi) is 2.82. The molecule has 3 N–H and O–H groups in total. The zero-order valence-electron chi connectivity index (χ0n) is 13.0. The Morgan fingerprint density at radius 3 is 2.04 bits per heavy atom. The summed E-state index contributed by atoms with van der Waals surface area (Å²) in [6.45, 7) is 0. The Hall–Kier alpha value is -3.27. The number of nitrogens with one attached hydrogen (secondary N) is 3. The van der Waals surface area contributed by atoms with E-state index in [0.29, 0.717) is 0 Å². The van der Waals surface area contributed by atoms with Gasteiger partial charge in [0.05, 0.1) is 11.8 Å². The van der Waals surface area contributed by atoms with Gasteiger partial charge in [0.1, 0.15) is 0 Å². The van der Waals surface area contributed by atoms with Crippen molar-refractivity contribution >= 4 is 30.0 Å². The van der Waals surface area contributed by atoms with E-state index in [9.17, 15) is 0 Å². The van der Waals surface area contributed by atoms with Gasteiger partial charge < -0.3 is 15.0 Å². The van der Waals surface area contributed by atoms with E-state index in [2.05, 4.69) is 87.8 Å². The maximum Gasteiger partial charge on any atom is 0.0894 e. The number of aliphatic imine (C=N–C) groups is 1. The van der Waals surface area contributed by atoms with E-state index < -0.39 is 0 Å². The Morgan fingerprint density at radius 1 is 0.667 bits per heavy atom. The number of allylic oxidation sites excluding steroid dienone is 1. The lowest BCUT2D eigenvalue weighted by Gasteiger charge is -1.94. The molecule has 0 saturated heterocycles. The van der Waals surface area contributed by atoms with Gasteiger partial charge in [-0.2, -0.15) is 0 Å². The maximum atomic E-state index is 4.72. The highest BCUT2D eigenvalue weighted by Gasteiger charge is 2.06. The topological polar surface area (TPSA) is 59.7 Å². The van der Waals surface area contributed by atoms with E-state index >= 15 is 0 Å². The van der Waals surface area contributed by atoms with Crippen LogP contribution in [0.1, 0.15) is 11.4 Å². The van der Waals surface area contributed by atoms with Crippen molar-refractivity contribution in [1.82, 2.24) is 15.0 Å². The fourth-order valence-electron chi connectivity index (χ4n) is 3.12. The Balaban J connectivity index is 1.76. The first-order valence-electron chi connectivity index (χ1n) is 8.02. The first-order chi connectivity index (χ1) is 11.8. The Bertz CT molecular complexity index is 1210. The second-order valence-electron chi connectivity index (χ2n) is 6.11. The molecule has 8 bridgehead atoms. The molecule has 0 amide bonds. The summed E-state index contributed by atoms with van der Waals surface area (Å²) in [5.74, 6) is 0. The quantitative estimate of drug-likeness (QED) is 0.534. The van der Waals surface area contributed by atoms with E-state index in [1.165, 1.54) is 0 Å². The van der Waals surface area contributed by atoms with Crippen LogP contribution >= 0.6 is 0 Å². The van der Waals surface area contributed by atoms with Crippen LogP contribution in [0.15, 0.2) is 53.5 Å². The number of H-pyrrole nitrogens is 3. The second-order valence-corrected chi connectivity index (χ2v) is 6.11. The summed E-state index contributed by atoms with van der Waals surface area (Å²) in [4.78, 5) is 15.0. The van der Waals surface area contributed by atoms with Crippen LogP contribution in [0.3, 0.4) is 0 Å². The molecule has 0 saturated carbocycles. The van der Waals surface area contributed by atoms with Crippen molar-refractivity contribution in [2.75, 3.05) is 0 Å². The number of hydrogen-bond acceptors (Lipinski definition) is 1. The van der Waals surface area contributed by atoms with Gasteiger partial charge in [-0.3, -0.25) is 4.99 Å². The summed E-state index contributed by atoms with van der Waals surface area (Å²) in [7, 11) is 0. The van der Waals surface area contributed by atoms with Crippen molar-refractivity contribution in [3.63, 3.8) is 0 Å². The van der Waals surface area contributed by atoms with Crippen LogP contribution in [0.4, 0.5) is 0 Å². The first-order valence-corrected chi connectivity index (χ1v) is 8.02. The molecular formula is C20H16N4. The second kappa shape index (κ2) is 5.13. The maximum absolute atomic E-state index is 4.72. The van der Waals surface area contributed by atoms with Gasteiger partial charge in [0.2, 0.25) is 0 Å². The number of fused-ring (bicyclic) bond motifs is 7. The van der Waals surface area contributed by atoms with Crippen LogP contribution in [-0.2, 0) is 0 Å². The molecule has 0 fully saturated rings. The van der Waals surface area contributed by atoms with Crippen LogP contribution in [0.5, 0.6) is 0 Å². The number of rotatable bonds is 0. The van der Waals surface area contributed by atoms with E-state index in [1.807, 2.05) is 0 Å². The monoisotopic (exact) mass is 312 g/mol. The standard InChI is InChI=1S/C20H16N4/c1-2-14-10-16-5-6-18(23-16)12-20-8-7-19(24-20)11-17-4-3-15(22-17)9-13(1)21-14/h1-13,22-24H/b15-9-,16-10?,17-11-,18-12?. The zero-order valence-corrected chi connectivity index (χ0v) is 13.0. The number of aromatic nitrogens is 3. The molecule has 3 aromatic rings. The van der Waals surface area contributed by atoms with E-state index in [1.54, 1.807) is 0 Å². The molecule has 0 radical (unpaired) electrons. The fraction of sp³-hybridized carbons (Fsp3) is 0.0500. The van der Waals surface area contributed by atoms with Crippen molar-refractivity contribution in [2.45, 2.75) is 6.04 Å². The summed E-state index contributed by atoms with van der Waals surface area (Å²) in [5, 5.41) is 4.27. The van der Waals surface area contributed by atoms with Gasteiger partial charge in [0.15, 0.2) is 0 Å². The minimum absolute atomic E-state index is 0.0775. The third-order valence-corrected chi connectivity index (χ3v) is 4.23. The van der Waals surface area contributed by atoms with Gasteiger partial charge in [-0.1, -0.05) is 6.08 Å². The van der Waals surface area contributed by atoms with Crippen LogP contribution in [0.25, 0.3) is 24.3 Å². The van der Waals surface area contributed by atoms with E-state index in [-0.39, 0.29) is 6.04 Å². The predicted octanol–water partition coefficient (Wildman–Crippen LogP) is 0.282. The molecule has 116 valence electrons. The molecule has 5 heterocycles. The first kappa shape index (κ1) is 13.2.